The second kappa shape index (κ2) is 11.8. The number of anilines is 2. The molecule has 210 valence electrons. The van der Waals surface area contributed by atoms with Crippen LogP contribution in [-0.2, 0) is 29.1 Å². The van der Waals surface area contributed by atoms with Gasteiger partial charge in [-0.2, -0.15) is 5.26 Å². The zero-order valence-electron chi connectivity index (χ0n) is 22.3. The van der Waals surface area contributed by atoms with E-state index in [0.29, 0.717) is 11.3 Å². The lowest BCUT2D eigenvalue weighted by Gasteiger charge is -2.35. The lowest BCUT2D eigenvalue weighted by molar-refractivity contribution is -0.139. The van der Waals surface area contributed by atoms with Crippen LogP contribution in [0.3, 0.4) is 0 Å². The molecule has 0 aromatic heterocycles. The number of sulfonamides is 1. The number of carbonyl (C=O) groups is 2. The van der Waals surface area contributed by atoms with Crippen LogP contribution in [0.1, 0.15) is 11.5 Å². The fraction of sp³-hybridized carbons (Fsp3) is 0.138. The van der Waals surface area contributed by atoms with Crippen molar-refractivity contribution in [2.24, 2.45) is 5.73 Å². The molecule has 3 aromatic rings. The van der Waals surface area contributed by atoms with E-state index in [0.717, 1.165) is 14.2 Å². The number of nitrogens with one attached hydrogen (secondary N) is 1. The summed E-state index contributed by atoms with van der Waals surface area (Å²) in [5.74, 6) is -2.62. The fourth-order valence-electron chi connectivity index (χ4n) is 4.49. The van der Waals surface area contributed by atoms with Crippen LogP contribution >= 0.6 is 0 Å². The van der Waals surface area contributed by atoms with Gasteiger partial charge in [-0.1, -0.05) is 42.5 Å². The molecular weight excluding hydrogens is 548 g/mol. The van der Waals surface area contributed by atoms with E-state index < -0.39 is 27.9 Å². The molecule has 11 nitrogen and oxygen atoms in total. The highest BCUT2D eigenvalue weighted by Gasteiger charge is 2.43. The van der Waals surface area contributed by atoms with E-state index in [1.165, 1.54) is 36.3 Å². The summed E-state index contributed by atoms with van der Waals surface area (Å²) in [5, 5.41) is 10.1. The van der Waals surface area contributed by atoms with Crippen molar-refractivity contribution < 1.29 is 32.2 Å². The Morgan fingerprint density at radius 2 is 1.51 bits per heavy atom. The molecule has 0 saturated heterocycles. The van der Waals surface area contributed by atoms with Crippen molar-refractivity contribution >= 4 is 33.3 Å². The normalized spacial score (nSPS) is 15.2. The smallest absolute Gasteiger partial charge is 0.355 e. The van der Waals surface area contributed by atoms with E-state index in [-0.39, 0.29) is 38.9 Å². The molecule has 0 saturated carbocycles. The number of carbonyl (C=O) groups excluding carboxylic acids is 2. The standard InChI is InChI=1S/C29H26N4O7S/c1-38-23-12-8-7-11-22(23)32-41(36,37)20-15-13-19(14-16-20)33-26(29(35)40-3)25(28(34)39-2)24(21(17-30)27(33)31)18-9-5-4-6-10-18/h4-16,24,32H,31H2,1-3H3. The number of rotatable bonds is 8. The number of methoxy groups -OCH3 is 3. The van der Waals surface area contributed by atoms with Crippen LogP contribution in [0.25, 0.3) is 0 Å². The minimum Gasteiger partial charge on any atom is -0.495 e. The number of nitriles is 1. The molecule has 0 fully saturated rings. The summed E-state index contributed by atoms with van der Waals surface area (Å²) >= 11 is 0. The fourth-order valence-corrected chi connectivity index (χ4v) is 5.56. The highest BCUT2D eigenvalue weighted by molar-refractivity contribution is 7.92. The van der Waals surface area contributed by atoms with E-state index in [9.17, 15) is 23.3 Å². The van der Waals surface area contributed by atoms with Gasteiger partial charge < -0.3 is 19.9 Å². The first kappa shape index (κ1) is 28.7. The van der Waals surface area contributed by atoms with Gasteiger partial charge in [0, 0.05) is 5.69 Å². The Labute approximate surface area is 237 Å². The summed E-state index contributed by atoms with van der Waals surface area (Å²) in [6.45, 7) is 0. The third-order valence-electron chi connectivity index (χ3n) is 6.37. The number of hydrogen-bond donors (Lipinski definition) is 2. The van der Waals surface area contributed by atoms with E-state index in [4.69, 9.17) is 19.9 Å². The third-order valence-corrected chi connectivity index (χ3v) is 7.75. The summed E-state index contributed by atoms with van der Waals surface area (Å²) < 4.78 is 44.0. The number of benzene rings is 3. The van der Waals surface area contributed by atoms with E-state index in [2.05, 4.69) is 10.8 Å². The van der Waals surface area contributed by atoms with Crippen LogP contribution in [0.2, 0.25) is 0 Å². The van der Waals surface area contributed by atoms with Crippen molar-refractivity contribution in [2.75, 3.05) is 31.0 Å². The SMILES string of the molecule is COC(=O)C1=C(C(=O)OC)N(c2ccc(S(=O)(=O)Nc3ccccc3OC)cc2)C(N)=C(C#N)C1c1ccccc1. The van der Waals surface area contributed by atoms with Gasteiger partial charge >= 0.3 is 11.9 Å². The Kier molecular flexibility index (Phi) is 8.30. The summed E-state index contributed by atoms with van der Waals surface area (Å²) in [7, 11) is -0.341. The lowest BCUT2D eigenvalue weighted by atomic mass is 9.81. The van der Waals surface area contributed by atoms with Crippen molar-refractivity contribution in [3.8, 4) is 11.8 Å². The van der Waals surface area contributed by atoms with Gasteiger partial charge in [-0.3, -0.25) is 9.62 Å². The Hall–Kier alpha value is -5.28. The van der Waals surface area contributed by atoms with Crippen molar-refractivity contribution in [3.05, 3.63) is 107 Å². The number of allylic oxidation sites excluding steroid dienone is 1. The molecule has 4 rings (SSSR count). The first-order valence-electron chi connectivity index (χ1n) is 12.1. The monoisotopic (exact) mass is 574 g/mol. The topological polar surface area (TPSA) is 161 Å². The molecule has 41 heavy (non-hydrogen) atoms. The molecule has 0 bridgehead atoms. The predicted octanol–water partition coefficient (Wildman–Crippen LogP) is 3.39. The van der Waals surface area contributed by atoms with Gasteiger partial charge in [0.2, 0.25) is 0 Å². The molecule has 0 spiro atoms. The minimum absolute atomic E-state index is 0.0150. The summed E-state index contributed by atoms with van der Waals surface area (Å²) in [6.07, 6.45) is 0. The quantitative estimate of drug-likeness (QED) is 0.382. The molecule has 1 unspecified atom stereocenters. The average Bonchev–Trinajstić information content (AvgIpc) is 3.00. The maximum Gasteiger partial charge on any atom is 0.355 e. The number of para-hydroxylation sites is 2. The summed E-state index contributed by atoms with van der Waals surface area (Å²) in [4.78, 5) is 27.4. The van der Waals surface area contributed by atoms with E-state index in [1.54, 1.807) is 54.6 Å². The van der Waals surface area contributed by atoms with Gasteiger partial charge in [-0.15, -0.1) is 0 Å². The van der Waals surface area contributed by atoms with Crippen molar-refractivity contribution in [1.29, 1.82) is 5.26 Å². The van der Waals surface area contributed by atoms with Gasteiger partial charge in [0.05, 0.1) is 55.0 Å². The van der Waals surface area contributed by atoms with Gasteiger partial charge in [0.1, 0.15) is 17.3 Å². The zero-order valence-corrected chi connectivity index (χ0v) is 23.1. The molecule has 0 amide bonds. The van der Waals surface area contributed by atoms with Gasteiger partial charge in [-0.05, 0) is 42.0 Å². The largest absolute Gasteiger partial charge is 0.495 e. The second-order valence-corrected chi connectivity index (χ2v) is 10.3. The molecule has 0 radical (unpaired) electrons. The second-order valence-electron chi connectivity index (χ2n) is 8.63. The van der Waals surface area contributed by atoms with Crippen molar-refractivity contribution in [2.45, 2.75) is 10.8 Å². The van der Waals surface area contributed by atoms with Crippen LogP contribution in [0.15, 0.2) is 106 Å². The maximum atomic E-state index is 13.2. The Balaban J connectivity index is 1.86. The first-order chi connectivity index (χ1) is 19.7. The number of hydrogen-bond acceptors (Lipinski definition) is 10. The molecule has 3 N–H and O–H groups in total. The van der Waals surface area contributed by atoms with Gasteiger partial charge in [-0.25, -0.2) is 18.0 Å². The van der Waals surface area contributed by atoms with Gasteiger partial charge in [0.25, 0.3) is 10.0 Å². The van der Waals surface area contributed by atoms with Gasteiger partial charge in [0.15, 0.2) is 0 Å². The van der Waals surface area contributed by atoms with Crippen molar-refractivity contribution in [1.82, 2.24) is 0 Å². The Morgan fingerprint density at radius 3 is 2.10 bits per heavy atom. The number of nitrogens with two attached hydrogens (primary N) is 1. The molecule has 1 atom stereocenters. The maximum absolute atomic E-state index is 13.2. The van der Waals surface area contributed by atoms with E-state index in [1.807, 2.05) is 0 Å². The molecular formula is C29H26N4O7S. The molecule has 1 aliphatic heterocycles. The molecule has 1 aliphatic rings. The number of nitrogens with zero attached hydrogens (tertiary/aromatic N) is 2. The van der Waals surface area contributed by atoms with Crippen LogP contribution < -0.4 is 20.1 Å². The van der Waals surface area contributed by atoms with Crippen LogP contribution in [0, 0.1) is 11.3 Å². The molecule has 1 heterocycles. The predicted molar refractivity (Wildman–Crippen MR) is 150 cm³/mol. The zero-order chi connectivity index (χ0) is 29.7. The average molecular weight is 575 g/mol. The summed E-state index contributed by atoms with van der Waals surface area (Å²) in [5.41, 5.74) is 7.00. The highest BCUT2D eigenvalue weighted by atomic mass is 32.2. The van der Waals surface area contributed by atoms with Crippen LogP contribution in [-0.4, -0.2) is 41.7 Å². The molecule has 3 aromatic carbocycles. The number of esters is 2. The first-order valence-corrected chi connectivity index (χ1v) is 13.6. The van der Waals surface area contributed by atoms with Crippen LogP contribution in [0.5, 0.6) is 5.75 Å². The Bertz CT molecular complexity index is 1690. The van der Waals surface area contributed by atoms with Crippen LogP contribution in [0.4, 0.5) is 11.4 Å². The minimum atomic E-state index is -4.05. The Morgan fingerprint density at radius 1 is 0.902 bits per heavy atom. The highest BCUT2D eigenvalue weighted by Crippen LogP contribution is 2.43. The van der Waals surface area contributed by atoms with Crippen molar-refractivity contribution in [3.63, 3.8) is 0 Å². The molecule has 0 aliphatic carbocycles. The number of ether oxygens (including phenoxy) is 3. The lowest BCUT2D eigenvalue weighted by Crippen LogP contribution is -2.40. The third kappa shape index (κ3) is 5.43. The molecule has 12 heteroatoms. The summed E-state index contributed by atoms with van der Waals surface area (Å²) in [6, 6.07) is 22.5. The van der Waals surface area contributed by atoms with E-state index >= 15 is 0 Å².